The molecule has 0 fully saturated rings. The third-order valence-electron chi connectivity index (χ3n) is 3.11. The van der Waals surface area contributed by atoms with Crippen LogP contribution in [-0.4, -0.2) is 26.8 Å². The van der Waals surface area contributed by atoms with Crippen molar-refractivity contribution < 1.29 is 4.79 Å². The first-order valence-electron chi connectivity index (χ1n) is 6.44. The molecule has 100 valence electrons. The summed E-state index contributed by atoms with van der Waals surface area (Å²) in [7, 11) is 0. The highest BCUT2D eigenvalue weighted by atomic mass is 16.2. The van der Waals surface area contributed by atoms with Crippen molar-refractivity contribution in [1.29, 1.82) is 0 Å². The van der Waals surface area contributed by atoms with Crippen molar-refractivity contribution in [1.82, 2.24) is 14.9 Å². The van der Waals surface area contributed by atoms with Crippen LogP contribution in [0, 0.1) is 6.92 Å². The van der Waals surface area contributed by atoms with Crippen LogP contribution in [0.1, 0.15) is 35.6 Å². The zero-order chi connectivity index (χ0) is 13.8. The molecule has 0 aliphatic heterocycles. The van der Waals surface area contributed by atoms with Gasteiger partial charge >= 0.3 is 0 Å². The van der Waals surface area contributed by atoms with E-state index in [1.54, 1.807) is 6.33 Å². The number of imidazole rings is 1. The Morgan fingerprint density at radius 2 is 2.00 bits per heavy atom. The summed E-state index contributed by atoms with van der Waals surface area (Å²) in [6, 6.07) is 10.1. The quantitative estimate of drug-likeness (QED) is 0.915. The van der Waals surface area contributed by atoms with Crippen LogP contribution in [0.2, 0.25) is 0 Å². The van der Waals surface area contributed by atoms with Gasteiger partial charge in [0.05, 0.1) is 6.33 Å². The van der Waals surface area contributed by atoms with Crippen molar-refractivity contribution in [3.63, 3.8) is 0 Å². The van der Waals surface area contributed by atoms with Crippen LogP contribution in [0.3, 0.4) is 0 Å². The lowest BCUT2D eigenvalue weighted by molar-refractivity contribution is 0.0684. The van der Waals surface area contributed by atoms with E-state index in [1.165, 1.54) is 0 Å². The average molecular weight is 257 g/mol. The molecule has 2 rings (SSSR count). The van der Waals surface area contributed by atoms with Gasteiger partial charge in [0, 0.05) is 18.3 Å². The standard InChI is InChI=1S/C15H19N3O/c1-11(2)18(9-13-7-5-4-6-8-13)15(19)14-12(3)16-10-17-14/h4-8,10-11H,9H2,1-3H3,(H,16,17). The molecular weight excluding hydrogens is 238 g/mol. The summed E-state index contributed by atoms with van der Waals surface area (Å²) in [4.78, 5) is 21.4. The fourth-order valence-corrected chi connectivity index (χ4v) is 1.98. The number of aryl methyl sites for hydroxylation is 1. The average Bonchev–Trinajstić information content (AvgIpc) is 2.82. The molecule has 2 aromatic rings. The van der Waals surface area contributed by atoms with Crippen LogP contribution in [-0.2, 0) is 6.54 Å². The molecule has 0 saturated heterocycles. The number of rotatable bonds is 4. The second-order valence-corrected chi connectivity index (χ2v) is 4.89. The Kier molecular flexibility index (Phi) is 4.00. The molecule has 1 amide bonds. The summed E-state index contributed by atoms with van der Waals surface area (Å²) >= 11 is 0. The molecule has 0 aliphatic carbocycles. The Morgan fingerprint density at radius 3 is 2.53 bits per heavy atom. The number of carbonyl (C=O) groups excluding carboxylic acids is 1. The SMILES string of the molecule is Cc1[nH]cnc1C(=O)N(Cc1ccccc1)C(C)C. The van der Waals surface area contributed by atoms with E-state index in [0.29, 0.717) is 12.2 Å². The summed E-state index contributed by atoms with van der Waals surface area (Å²) in [6.45, 7) is 6.50. The number of hydrogen-bond donors (Lipinski definition) is 1. The van der Waals surface area contributed by atoms with Gasteiger partial charge in [-0.15, -0.1) is 0 Å². The van der Waals surface area contributed by atoms with Gasteiger partial charge in [-0.05, 0) is 26.3 Å². The summed E-state index contributed by atoms with van der Waals surface area (Å²) in [6.07, 6.45) is 1.56. The Labute approximate surface area is 113 Å². The van der Waals surface area contributed by atoms with Crippen molar-refractivity contribution in [2.24, 2.45) is 0 Å². The summed E-state index contributed by atoms with van der Waals surface area (Å²) in [5, 5.41) is 0. The zero-order valence-corrected chi connectivity index (χ0v) is 11.6. The summed E-state index contributed by atoms with van der Waals surface area (Å²) < 4.78 is 0. The Bertz CT molecular complexity index is 546. The van der Waals surface area contributed by atoms with E-state index in [-0.39, 0.29) is 11.9 Å². The highest BCUT2D eigenvalue weighted by Crippen LogP contribution is 2.13. The minimum absolute atomic E-state index is 0.0300. The van der Waals surface area contributed by atoms with Crippen LogP contribution >= 0.6 is 0 Å². The normalized spacial score (nSPS) is 10.7. The lowest BCUT2D eigenvalue weighted by Crippen LogP contribution is -2.36. The number of amides is 1. The molecule has 0 aliphatic rings. The van der Waals surface area contributed by atoms with Gasteiger partial charge in [0.2, 0.25) is 0 Å². The first-order chi connectivity index (χ1) is 9.09. The van der Waals surface area contributed by atoms with Crippen molar-refractivity contribution in [3.8, 4) is 0 Å². The van der Waals surface area contributed by atoms with Gasteiger partial charge in [-0.3, -0.25) is 4.79 Å². The third-order valence-corrected chi connectivity index (χ3v) is 3.11. The molecule has 1 aromatic heterocycles. The second kappa shape index (κ2) is 5.69. The number of nitrogens with zero attached hydrogens (tertiary/aromatic N) is 2. The molecule has 0 saturated carbocycles. The topological polar surface area (TPSA) is 49.0 Å². The van der Waals surface area contributed by atoms with Crippen LogP contribution in [0.15, 0.2) is 36.7 Å². The molecular formula is C15H19N3O. The molecule has 1 heterocycles. The summed E-state index contributed by atoms with van der Waals surface area (Å²) in [5.74, 6) is -0.0300. The van der Waals surface area contributed by atoms with E-state index in [1.807, 2.05) is 56.0 Å². The van der Waals surface area contributed by atoms with Crippen molar-refractivity contribution in [2.75, 3.05) is 0 Å². The molecule has 19 heavy (non-hydrogen) atoms. The van der Waals surface area contributed by atoms with Gasteiger partial charge < -0.3 is 9.88 Å². The van der Waals surface area contributed by atoms with E-state index in [4.69, 9.17) is 0 Å². The zero-order valence-electron chi connectivity index (χ0n) is 11.6. The number of hydrogen-bond acceptors (Lipinski definition) is 2. The highest BCUT2D eigenvalue weighted by molar-refractivity contribution is 5.93. The predicted octanol–water partition coefficient (Wildman–Crippen LogP) is 2.77. The molecule has 0 spiro atoms. The minimum Gasteiger partial charge on any atom is -0.348 e. The molecule has 0 atom stereocenters. The summed E-state index contributed by atoms with van der Waals surface area (Å²) in [5.41, 5.74) is 2.44. The predicted molar refractivity (Wildman–Crippen MR) is 74.8 cm³/mol. The van der Waals surface area contributed by atoms with E-state index in [9.17, 15) is 4.79 Å². The third kappa shape index (κ3) is 3.02. The van der Waals surface area contributed by atoms with Gasteiger partial charge in [-0.25, -0.2) is 4.98 Å². The molecule has 4 heteroatoms. The van der Waals surface area contributed by atoms with E-state index in [2.05, 4.69) is 9.97 Å². The van der Waals surface area contributed by atoms with E-state index < -0.39 is 0 Å². The number of benzene rings is 1. The Balaban J connectivity index is 2.22. The largest absolute Gasteiger partial charge is 0.348 e. The minimum atomic E-state index is -0.0300. The van der Waals surface area contributed by atoms with Gasteiger partial charge in [0.15, 0.2) is 0 Å². The maximum absolute atomic E-state index is 12.5. The second-order valence-electron chi connectivity index (χ2n) is 4.89. The van der Waals surface area contributed by atoms with Gasteiger partial charge in [0.1, 0.15) is 5.69 Å². The monoisotopic (exact) mass is 257 g/mol. The molecule has 0 radical (unpaired) electrons. The number of H-pyrrole nitrogens is 1. The first-order valence-corrected chi connectivity index (χ1v) is 6.44. The number of nitrogens with one attached hydrogen (secondary N) is 1. The smallest absolute Gasteiger partial charge is 0.274 e. The fraction of sp³-hybridized carbons (Fsp3) is 0.333. The van der Waals surface area contributed by atoms with Gasteiger partial charge in [-0.1, -0.05) is 30.3 Å². The van der Waals surface area contributed by atoms with Gasteiger partial charge in [0.25, 0.3) is 5.91 Å². The lowest BCUT2D eigenvalue weighted by Gasteiger charge is -2.26. The Hall–Kier alpha value is -2.10. The van der Waals surface area contributed by atoms with Crippen LogP contribution in [0.25, 0.3) is 0 Å². The molecule has 4 nitrogen and oxygen atoms in total. The van der Waals surface area contributed by atoms with E-state index in [0.717, 1.165) is 11.3 Å². The van der Waals surface area contributed by atoms with Gasteiger partial charge in [-0.2, -0.15) is 0 Å². The first kappa shape index (κ1) is 13.3. The van der Waals surface area contributed by atoms with Crippen LogP contribution < -0.4 is 0 Å². The maximum Gasteiger partial charge on any atom is 0.274 e. The lowest BCUT2D eigenvalue weighted by atomic mass is 10.1. The molecule has 1 aromatic carbocycles. The van der Waals surface area contributed by atoms with E-state index >= 15 is 0 Å². The molecule has 1 N–H and O–H groups in total. The fourth-order valence-electron chi connectivity index (χ4n) is 1.98. The number of carbonyl (C=O) groups is 1. The maximum atomic E-state index is 12.5. The van der Waals surface area contributed by atoms with Crippen LogP contribution in [0.4, 0.5) is 0 Å². The van der Waals surface area contributed by atoms with Crippen molar-refractivity contribution >= 4 is 5.91 Å². The van der Waals surface area contributed by atoms with Crippen LogP contribution in [0.5, 0.6) is 0 Å². The number of aromatic nitrogens is 2. The molecule has 0 bridgehead atoms. The highest BCUT2D eigenvalue weighted by Gasteiger charge is 2.22. The van der Waals surface area contributed by atoms with Crippen molar-refractivity contribution in [3.05, 3.63) is 53.6 Å². The Morgan fingerprint density at radius 1 is 1.32 bits per heavy atom. The molecule has 0 unspecified atom stereocenters. The van der Waals surface area contributed by atoms with Crippen molar-refractivity contribution in [2.45, 2.75) is 33.4 Å². The number of aromatic amines is 1.